The van der Waals surface area contributed by atoms with E-state index in [0.717, 1.165) is 63.5 Å². The lowest BCUT2D eigenvalue weighted by Crippen LogP contribution is -2.60. The maximum Gasteiger partial charge on any atom is 0.417 e. The van der Waals surface area contributed by atoms with E-state index in [-0.39, 0.29) is 23.3 Å². The molecule has 8 nitrogen and oxygen atoms in total. The van der Waals surface area contributed by atoms with Crippen LogP contribution in [0.4, 0.5) is 27.6 Å². The SMILES string of the molecule is O=C([C@H]1C[C@](O)(C(F)(F)F)C1)N(CC12CCC(c3nc(C4CC4)no3)(CC1)CC2)c1cccc(-c2nc(C(F)F)co2)c1. The van der Waals surface area contributed by atoms with Crippen molar-refractivity contribution in [3.63, 3.8) is 0 Å². The molecule has 13 heteroatoms. The molecule has 2 heterocycles. The molecule has 2 aromatic heterocycles. The number of alkyl halides is 5. The Morgan fingerprint density at radius 2 is 1.77 bits per heavy atom. The zero-order valence-electron chi connectivity index (χ0n) is 23.2. The summed E-state index contributed by atoms with van der Waals surface area (Å²) in [6, 6.07) is 6.48. The van der Waals surface area contributed by atoms with Crippen LogP contribution >= 0.6 is 0 Å². The summed E-state index contributed by atoms with van der Waals surface area (Å²) in [5.41, 5.74) is -3.13. The number of halogens is 5. The third kappa shape index (κ3) is 4.93. The molecule has 0 radical (unpaired) electrons. The lowest BCUT2D eigenvalue weighted by atomic mass is 9.53. The summed E-state index contributed by atoms with van der Waals surface area (Å²) in [6.07, 6.45) is -1.35. The van der Waals surface area contributed by atoms with Crippen molar-refractivity contribution in [1.82, 2.24) is 15.1 Å². The Balaban J connectivity index is 1.15. The monoisotopic (exact) mass is 606 g/mol. The first kappa shape index (κ1) is 28.4. The second-order valence-electron chi connectivity index (χ2n) is 13.0. The van der Waals surface area contributed by atoms with Crippen molar-refractivity contribution in [2.75, 3.05) is 11.4 Å². The topological polar surface area (TPSA) is 105 Å². The van der Waals surface area contributed by atoms with E-state index in [4.69, 9.17) is 13.9 Å². The highest BCUT2D eigenvalue weighted by Gasteiger charge is 2.63. The number of oxazole rings is 1. The van der Waals surface area contributed by atoms with Gasteiger partial charge >= 0.3 is 6.18 Å². The molecule has 0 aliphatic heterocycles. The standard InChI is InChI=1S/C30H31F5N4O4/c31-22(32)21-15-42-24(36-21)18-2-1-3-20(12-18)39(25(40)19-13-29(41,14-19)30(33,34)35)16-27-6-9-28(10-7-27,11-8-27)26-37-23(38-43-26)17-4-5-17/h1-3,12,15,17,19,22,41H,4-11,13-14,16H2/t19-,27?,28?,29+. The molecule has 0 atom stereocenters. The summed E-state index contributed by atoms with van der Waals surface area (Å²) in [5.74, 6) is 0.269. The van der Waals surface area contributed by atoms with Crippen molar-refractivity contribution in [2.24, 2.45) is 11.3 Å². The van der Waals surface area contributed by atoms with Gasteiger partial charge in [0.2, 0.25) is 17.7 Å². The van der Waals surface area contributed by atoms with E-state index in [1.165, 1.54) is 4.90 Å². The molecule has 230 valence electrons. The van der Waals surface area contributed by atoms with Gasteiger partial charge in [-0.1, -0.05) is 11.2 Å². The number of aliphatic hydroxyl groups is 1. The lowest BCUT2D eigenvalue weighted by molar-refractivity contribution is -0.295. The highest BCUT2D eigenvalue weighted by Crippen LogP contribution is 2.58. The van der Waals surface area contributed by atoms with Crippen LogP contribution in [0.1, 0.15) is 94.0 Å². The Bertz CT molecular complexity index is 1500. The maximum atomic E-state index is 13.9. The Morgan fingerprint density at radius 3 is 2.37 bits per heavy atom. The fourth-order valence-corrected chi connectivity index (χ4v) is 7.12. The zero-order valence-corrected chi connectivity index (χ0v) is 23.2. The average Bonchev–Trinajstić information content (AvgIpc) is 3.47. The lowest BCUT2D eigenvalue weighted by Gasteiger charge is -2.53. The van der Waals surface area contributed by atoms with Crippen LogP contribution in [0.2, 0.25) is 0 Å². The number of carbonyl (C=O) groups is 1. The Hall–Kier alpha value is -3.35. The molecule has 0 unspecified atom stereocenters. The minimum Gasteiger partial charge on any atom is -0.444 e. The molecule has 1 amide bonds. The fraction of sp³-hybridized carbons (Fsp3) is 0.600. The summed E-state index contributed by atoms with van der Waals surface area (Å²) in [7, 11) is 0. The highest BCUT2D eigenvalue weighted by atomic mass is 19.4. The molecule has 8 rings (SSSR count). The van der Waals surface area contributed by atoms with E-state index in [1.54, 1.807) is 24.3 Å². The van der Waals surface area contributed by atoms with Crippen molar-refractivity contribution in [3.05, 3.63) is 47.9 Å². The number of anilines is 1. The average molecular weight is 607 g/mol. The second kappa shape index (κ2) is 9.83. The van der Waals surface area contributed by atoms with E-state index in [2.05, 4.69) is 10.1 Å². The van der Waals surface area contributed by atoms with Crippen LogP contribution in [0.5, 0.6) is 0 Å². The molecular formula is C30H31F5N4O4. The Morgan fingerprint density at radius 1 is 1.07 bits per heavy atom. The molecular weight excluding hydrogens is 575 g/mol. The number of hydrogen-bond donors (Lipinski definition) is 1. The summed E-state index contributed by atoms with van der Waals surface area (Å²) < 4.78 is 77.4. The summed E-state index contributed by atoms with van der Waals surface area (Å²) >= 11 is 0. The van der Waals surface area contributed by atoms with Gasteiger partial charge < -0.3 is 18.9 Å². The quantitative estimate of drug-likeness (QED) is 0.279. The third-order valence-electron chi connectivity index (χ3n) is 10.2. The molecule has 3 aromatic rings. The third-order valence-corrected chi connectivity index (χ3v) is 10.2. The predicted octanol–water partition coefficient (Wildman–Crippen LogP) is 6.87. The number of amides is 1. The molecule has 0 spiro atoms. The number of aromatic nitrogens is 3. The van der Waals surface area contributed by atoms with Gasteiger partial charge in [0.05, 0.1) is 0 Å². The van der Waals surface area contributed by atoms with Crippen LogP contribution in [-0.4, -0.2) is 44.5 Å². The molecule has 5 fully saturated rings. The van der Waals surface area contributed by atoms with Crippen LogP contribution in [0.3, 0.4) is 0 Å². The maximum absolute atomic E-state index is 13.9. The van der Waals surface area contributed by atoms with Crippen LogP contribution in [0, 0.1) is 11.3 Å². The first-order valence-electron chi connectivity index (χ1n) is 14.7. The summed E-state index contributed by atoms with van der Waals surface area (Å²) in [4.78, 5) is 23.9. The van der Waals surface area contributed by atoms with E-state index in [1.807, 2.05) is 0 Å². The molecule has 1 N–H and O–H groups in total. The van der Waals surface area contributed by atoms with Gasteiger partial charge in [0.25, 0.3) is 6.43 Å². The van der Waals surface area contributed by atoms with Gasteiger partial charge in [-0.2, -0.15) is 18.2 Å². The van der Waals surface area contributed by atoms with Crippen LogP contribution in [0.25, 0.3) is 11.5 Å². The smallest absolute Gasteiger partial charge is 0.417 e. The van der Waals surface area contributed by atoms with Crippen molar-refractivity contribution >= 4 is 11.6 Å². The minimum absolute atomic E-state index is 0.0527. The zero-order chi connectivity index (χ0) is 30.2. The van der Waals surface area contributed by atoms with Crippen LogP contribution in [0.15, 0.2) is 39.5 Å². The molecule has 43 heavy (non-hydrogen) atoms. The highest BCUT2D eigenvalue weighted by molar-refractivity contribution is 5.96. The predicted molar refractivity (Wildman–Crippen MR) is 141 cm³/mol. The van der Waals surface area contributed by atoms with Gasteiger partial charge in [0, 0.05) is 35.0 Å². The number of fused-ring (bicyclic) bond motifs is 3. The number of rotatable bonds is 8. The molecule has 2 bridgehead atoms. The van der Waals surface area contributed by atoms with Crippen molar-refractivity contribution in [1.29, 1.82) is 0 Å². The minimum atomic E-state index is -4.83. The number of carbonyl (C=O) groups excluding carboxylic acids is 1. The molecule has 5 aliphatic rings. The van der Waals surface area contributed by atoms with Gasteiger partial charge in [0.15, 0.2) is 11.4 Å². The Labute approximate surface area is 243 Å². The van der Waals surface area contributed by atoms with Gasteiger partial charge in [-0.15, -0.1) is 0 Å². The largest absolute Gasteiger partial charge is 0.444 e. The van der Waals surface area contributed by atoms with Gasteiger partial charge in [0.1, 0.15) is 12.0 Å². The molecule has 5 saturated carbocycles. The summed E-state index contributed by atoms with van der Waals surface area (Å²) in [6.45, 7) is 0.275. The molecule has 1 aromatic carbocycles. The number of nitrogens with zero attached hydrogens (tertiary/aromatic N) is 4. The van der Waals surface area contributed by atoms with Gasteiger partial charge in [-0.05, 0) is 87.8 Å². The summed E-state index contributed by atoms with van der Waals surface area (Å²) in [5, 5.41) is 14.3. The van der Waals surface area contributed by atoms with Crippen LogP contribution in [-0.2, 0) is 10.2 Å². The van der Waals surface area contributed by atoms with Crippen molar-refractivity contribution in [2.45, 2.75) is 93.7 Å². The molecule has 5 aliphatic carbocycles. The molecule has 0 saturated heterocycles. The first-order valence-corrected chi connectivity index (χ1v) is 14.7. The first-order chi connectivity index (χ1) is 20.4. The van der Waals surface area contributed by atoms with Gasteiger partial charge in [-0.25, -0.2) is 13.8 Å². The van der Waals surface area contributed by atoms with Crippen molar-refractivity contribution in [3.8, 4) is 11.5 Å². The fourth-order valence-electron chi connectivity index (χ4n) is 7.12. The van der Waals surface area contributed by atoms with E-state index in [9.17, 15) is 31.9 Å². The normalized spacial score (nSPS) is 30.4. The van der Waals surface area contributed by atoms with Crippen LogP contribution < -0.4 is 4.90 Å². The Kier molecular flexibility index (Phi) is 6.50. The van der Waals surface area contributed by atoms with Gasteiger partial charge in [-0.3, -0.25) is 4.79 Å². The second-order valence-corrected chi connectivity index (χ2v) is 13.0. The van der Waals surface area contributed by atoms with E-state index < -0.39 is 48.6 Å². The number of hydrogen-bond acceptors (Lipinski definition) is 7. The number of benzene rings is 1. The van der Waals surface area contributed by atoms with E-state index in [0.29, 0.717) is 23.1 Å². The van der Waals surface area contributed by atoms with E-state index >= 15 is 0 Å². The van der Waals surface area contributed by atoms with Crippen molar-refractivity contribution < 1.29 is 40.8 Å².